The standard InChI is InChI=1S/C27H27F3N4O2.ClH/c28-27(29,30)17-20-18-34(26-21-7-2-1-6-19(21)10-12-32-26)15-14-33(20)13-5-11-31-23-16-25(35)36-24-9-4-3-8-22(23)24;/h1-4,6-10,12,16,20,31H,5,11,13-15,17-18H2;1H. The van der Waals surface area contributed by atoms with Crippen molar-refractivity contribution in [1.29, 1.82) is 0 Å². The first kappa shape index (κ1) is 26.8. The van der Waals surface area contributed by atoms with Crippen molar-refractivity contribution in [2.24, 2.45) is 0 Å². The first-order valence-electron chi connectivity index (χ1n) is 12.0. The normalized spacial score (nSPS) is 16.6. The van der Waals surface area contributed by atoms with Gasteiger partial charge in [0, 0.05) is 61.8 Å². The van der Waals surface area contributed by atoms with Crippen LogP contribution in [0.3, 0.4) is 0 Å². The van der Waals surface area contributed by atoms with Gasteiger partial charge in [0.2, 0.25) is 0 Å². The molecular formula is C27H28ClF3N4O2. The van der Waals surface area contributed by atoms with Crippen LogP contribution >= 0.6 is 12.4 Å². The fraction of sp³-hybridized carbons (Fsp3) is 0.333. The van der Waals surface area contributed by atoms with Crippen molar-refractivity contribution in [3.8, 4) is 0 Å². The number of aromatic nitrogens is 1. The number of piperazine rings is 1. The van der Waals surface area contributed by atoms with Crippen molar-refractivity contribution in [3.63, 3.8) is 0 Å². The van der Waals surface area contributed by atoms with E-state index >= 15 is 0 Å². The Morgan fingerprint density at radius 2 is 1.78 bits per heavy atom. The van der Waals surface area contributed by atoms with Gasteiger partial charge < -0.3 is 14.6 Å². The van der Waals surface area contributed by atoms with Crippen molar-refractivity contribution in [2.75, 3.05) is 42.9 Å². The molecule has 196 valence electrons. The third kappa shape index (κ3) is 6.34. The number of nitrogens with zero attached hydrogens (tertiary/aromatic N) is 3. The topological polar surface area (TPSA) is 61.6 Å². The molecule has 4 aromatic rings. The van der Waals surface area contributed by atoms with Gasteiger partial charge in [-0.3, -0.25) is 4.90 Å². The third-order valence-electron chi connectivity index (χ3n) is 6.61. The Morgan fingerprint density at radius 3 is 2.59 bits per heavy atom. The lowest BCUT2D eigenvalue weighted by Gasteiger charge is -2.42. The van der Waals surface area contributed by atoms with Crippen LogP contribution < -0.4 is 15.8 Å². The molecule has 0 radical (unpaired) electrons. The quantitative estimate of drug-likeness (QED) is 0.243. The van der Waals surface area contributed by atoms with Crippen molar-refractivity contribution < 1.29 is 17.6 Å². The number of alkyl halides is 3. The number of benzene rings is 2. The van der Waals surface area contributed by atoms with Gasteiger partial charge in [-0.2, -0.15) is 13.2 Å². The van der Waals surface area contributed by atoms with Gasteiger partial charge in [-0.1, -0.05) is 36.4 Å². The molecule has 0 saturated carbocycles. The number of para-hydroxylation sites is 1. The van der Waals surface area contributed by atoms with E-state index in [1.165, 1.54) is 6.07 Å². The van der Waals surface area contributed by atoms with Crippen molar-refractivity contribution in [3.05, 3.63) is 77.3 Å². The number of nitrogens with one attached hydrogen (secondary N) is 1. The summed E-state index contributed by atoms with van der Waals surface area (Å²) in [6.45, 7) is 2.43. The molecule has 1 saturated heterocycles. The highest BCUT2D eigenvalue weighted by Crippen LogP contribution is 2.30. The van der Waals surface area contributed by atoms with Crippen LogP contribution in [0.15, 0.2) is 76.1 Å². The molecule has 0 spiro atoms. The third-order valence-corrected chi connectivity index (χ3v) is 6.61. The lowest BCUT2D eigenvalue weighted by atomic mass is 10.1. The zero-order chi connectivity index (χ0) is 25.1. The highest BCUT2D eigenvalue weighted by Gasteiger charge is 2.38. The average Bonchev–Trinajstić information content (AvgIpc) is 2.86. The number of pyridine rings is 1. The summed E-state index contributed by atoms with van der Waals surface area (Å²) in [5, 5.41) is 6.02. The second-order valence-electron chi connectivity index (χ2n) is 9.07. The van der Waals surface area contributed by atoms with E-state index in [0.29, 0.717) is 43.9 Å². The Balaban J connectivity index is 0.00000320. The molecule has 1 aliphatic rings. The van der Waals surface area contributed by atoms with Crippen LogP contribution in [-0.4, -0.2) is 54.8 Å². The summed E-state index contributed by atoms with van der Waals surface area (Å²) < 4.78 is 45.7. The van der Waals surface area contributed by atoms with Gasteiger partial charge in [0.05, 0.1) is 12.1 Å². The monoisotopic (exact) mass is 532 g/mol. The van der Waals surface area contributed by atoms with E-state index < -0.39 is 24.3 Å². The summed E-state index contributed by atoms with van der Waals surface area (Å²) in [4.78, 5) is 20.3. The zero-order valence-electron chi connectivity index (χ0n) is 20.1. The van der Waals surface area contributed by atoms with E-state index in [1.807, 2.05) is 52.3 Å². The fourth-order valence-corrected chi connectivity index (χ4v) is 4.96. The molecule has 0 bridgehead atoms. The minimum atomic E-state index is -4.26. The molecule has 0 amide bonds. The Bertz CT molecular complexity index is 1410. The van der Waals surface area contributed by atoms with Gasteiger partial charge in [0.25, 0.3) is 0 Å². The smallest absolute Gasteiger partial charge is 0.390 e. The predicted octanol–water partition coefficient (Wildman–Crippen LogP) is 5.71. The molecule has 2 aromatic heterocycles. The first-order valence-corrected chi connectivity index (χ1v) is 12.0. The Labute approximate surface area is 218 Å². The van der Waals surface area contributed by atoms with Crippen LogP contribution in [0.4, 0.5) is 24.7 Å². The van der Waals surface area contributed by atoms with Gasteiger partial charge in [-0.25, -0.2) is 9.78 Å². The lowest BCUT2D eigenvalue weighted by molar-refractivity contribution is -0.147. The number of hydrogen-bond donors (Lipinski definition) is 1. The van der Waals surface area contributed by atoms with Crippen molar-refractivity contribution in [2.45, 2.75) is 25.1 Å². The maximum Gasteiger partial charge on any atom is 0.390 e. The fourth-order valence-electron chi connectivity index (χ4n) is 4.96. The zero-order valence-corrected chi connectivity index (χ0v) is 20.9. The first-order chi connectivity index (χ1) is 17.4. The summed E-state index contributed by atoms with van der Waals surface area (Å²) in [7, 11) is 0. The molecule has 1 aliphatic heterocycles. The van der Waals surface area contributed by atoms with E-state index in [2.05, 4.69) is 10.3 Å². The highest BCUT2D eigenvalue weighted by atomic mass is 35.5. The minimum absolute atomic E-state index is 0. The van der Waals surface area contributed by atoms with E-state index in [9.17, 15) is 18.0 Å². The van der Waals surface area contributed by atoms with Crippen LogP contribution in [0, 0.1) is 0 Å². The molecule has 1 atom stereocenters. The van der Waals surface area contributed by atoms with Gasteiger partial charge in [-0.05, 0) is 30.0 Å². The molecule has 6 nitrogen and oxygen atoms in total. The maximum absolute atomic E-state index is 13.5. The van der Waals surface area contributed by atoms with E-state index in [0.717, 1.165) is 22.0 Å². The molecule has 1 unspecified atom stereocenters. The summed E-state index contributed by atoms with van der Waals surface area (Å²) in [6.07, 6.45) is -2.78. The summed E-state index contributed by atoms with van der Waals surface area (Å²) in [6, 6.07) is 17.7. The second-order valence-corrected chi connectivity index (χ2v) is 9.07. The van der Waals surface area contributed by atoms with E-state index in [4.69, 9.17) is 4.42 Å². The number of rotatable bonds is 7. The van der Waals surface area contributed by atoms with Crippen LogP contribution in [-0.2, 0) is 0 Å². The maximum atomic E-state index is 13.5. The van der Waals surface area contributed by atoms with Gasteiger partial charge in [-0.15, -0.1) is 12.4 Å². The summed E-state index contributed by atoms with van der Waals surface area (Å²) in [5.41, 5.74) is 0.719. The summed E-state index contributed by atoms with van der Waals surface area (Å²) in [5.74, 6) is 0.733. The largest absolute Gasteiger partial charge is 0.423 e. The molecule has 5 rings (SSSR count). The molecular weight excluding hydrogens is 505 g/mol. The van der Waals surface area contributed by atoms with Crippen LogP contribution in [0.1, 0.15) is 12.8 Å². The Hall–Kier alpha value is -3.30. The van der Waals surface area contributed by atoms with Crippen LogP contribution in [0.2, 0.25) is 0 Å². The van der Waals surface area contributed by atoms with Crippen LogP contribution in [0.25, 0.3) is 21.7 Å². The SMILES string of the molecule is Cl.O=c1cc(NCCCN2CCN(c3nccc4ccccc34)CC2CC(F)(F)F)c2ccccc2o1. The predicted molar refractivity (Wildman–Crippen MR) is 143 cm³/mol. The Morgan fingerprint density at radius 1 is 1.03 bits per heavy atom. The molecule has 0 aliphatic carbocycles. The number of halogens is 4. The van der Waals surface area contributed by atoms with E-state index in [1.54, 1.807) is 18.3 Å². The van der Waals surface area contributed by atoms with Crippen molar-refractivity contribution in [1.82, 2.24) is 9.88 Å². The van der Waals surface area contributed by atoms with E-state index in [-0.39, 0.29) is 19.0 Å². The number of hydrogen-bond acceptors (Lipinski definition) is 6. The lowest BCUT2D eigenvalue weighted by Crippen LogP contribution is -2.55. The van der Waals surface area contributed by atoms with Crippen molar-refractivity contribution >= 4 is 45.7 Å². The minimum Gasteiger partial charge on any atom is -0.423 e. The molecule has 2 aromatic carbocycles. The molecule has 3 heterocycles. The van der Waals surface area contributed by atoms with Gasteiger partial charge in [0.1, 0.15) is 11.4 Å². The summed E-state index contributed by atoms with van der Waals surface area (Å²) >= 11 is 0. The average molecular weight is 533 g/mol. The Kier molecular flexibility index (Phi) is 8.24. The highest BCUT2D eigenvalue weighted by molar-refractivity contribution is 5.92. The molecule has 37 heavy (non-hydrogen) atoms. The van der Waals surface area contributed by atoms with Crippen LogP contribution in [0.5, 0.6) is 0 Å². The second kappa shape index (κ2) is 11.4. The molecule has 1 N–H and O–H groups in total. The number of anilines is 2. The molecule has 10 heteroatoms. The molecule has 1 fully saturated rings. The van der Waals surface area contributed by atoms with Gasteiger partial charge in [0.15, 0.2) is 0 Å². The van der Waals surface area contributed by atoms with Gasteiger partial charge >= 0.3 is 11.8 Å². The number of fused-ring (bicyclic) bond motifs is 2.